The summed E-state index contributed by atoms with van der Waals surface area (Å²) in [6.45, 7) is 2.15. The van der Waals surface area contributed by atoms with Crippen LogP contribution in [0.15, 0.2) is 24.3 Å². The zero-order chi connectivity index (χ0) is 12.3. The van der Waals surface area contributed by atoms with Crippen LogP contribution in [0.5, 0.6) is 0 Å². The maximum Gasteiger partial charge on any atom is 0.0585 e. The van der Waals surface area contributed by atoms with Crippen LogP contribution in [0.25, 0.3) is 0 Å². The van der Waals surface area contributed by atoms with Crippen molar-refractivity contribution in [3.63, 3.8) is 0 Å². The van der Waals surface area contributed by atoms with Gasteiger partial charge in [0.15, 0.2) is 0 Å². The van der Waals surface area contributed by atoms with Gasteiger partial charge in [-0.3, -0.25) is 0 Å². The molecule has 0 N–H and O–H groups in total. The van der Waals surface area contributed by atoms with Crippen molar-refractivity contribution in [1.82, 2.24) is 0 Å². The summed E-state index contributed by atoms with van der Waals surface area (Å²) in [7, 11) is 0. The molecule has 0 spiro atoms. The lowest BCUT2D eigenvalue weighted by Crippen LogP contribution is -2.14. The van der Waals surface area contributed by atoms with Crippen molar-refractivity contribution in [2.24, 2.45) is 0 Å². The van der Waals surface area contributed by atoms with E-state index < -0.39 is 0 Å². The second-order valence-electron chi connectivity index (χ2n) is 4.75. The fourth-order valence-corrected chi connectivity index (χ4v) is 3.36. The lowest BCUT2D eigenvalue weighted by Gasteiger charge is -2.20. The summed E-state index contributed by atoms with van der Waals surface area (Å²) in [6.07, 6.45) is 4.22. The second-order valence-corrected chi connectivity index (χ2v) is 5.81. The number of hydrogen-bond donors (Lipinski definition) is 0. The molecule has 1 nitrogen and oxygen atoms in total. The third-order valence-corrected chi connectivity index (χ3v) is 4.52. The first-order chi connectivity index (χ1) is 8.20. The minimum atomic E-state index is 0.392. The number of hydrogen-bond acceptors (Lipinski definition) is 1. The van der Waals surface area contributed by atoms with E-state index in [1.807, 2.05) is 12.1 Å². The number of ether oxygens (including phenoxy) is 1. The predicted molar refractivity (Wildman–Crippen MR) is 76.2 cm³/mol. The van der Waals surface area contributed by atoms with Crippen LogP contribution >= 0.6 is 27.5 Å². The van der Waals surface area contributed by atoms with Crippen LogP contribution in [0.1, 0.15) is 37.7 Å². The zero-order valence-corrected chi connectivity index (χ0v) is 12.4. The van der Waals surface area contributed by atoms with Gasteiger partial charge >= 0.3 is 0 Å². The van der Waals surface area contributed by atoms with E-state index in [0.29, 0.717) is 18.1 Å². The van der Waals surface area contributed by atoms with Crippen LogP contribution in [0, 0.1) is 0 Å². The smallest absolute Gasteiger partial charge is 0.0585 e. The molecule has 1 aliphatic rings. The highest BCUT2D eigenvalue weighted by Gasteiger charge is 2.25. The van der Waals surface area contributed by atoms with E-state index >= 15 is 0 Å². The molecule has 1 aliphatic heterocycles. The molecule has 1 aromatic carbocycles. The van der Waals surface area contributed by atoms with Gasteiger partial charge in [-0.15, -0.1) is 0 Å². The summed E-state index contributed by atoms with van der Waals surface area (Å²) in [4.78, 5) is 0. The van der Waals surface area contributed by atoms with Gasteiger partial charge in [-0.25, -0.2) is 0 Å². The largest absolute Gasteiger partial charge is 0.375 e. The Morgan fingerprint density at radius 1 is 1.41 bits per heavy atom. The van der Waals surface area contributed by atoms with Crippen LogP contribution in [0.3, 0.4) is 0 Å². The Labute approximate surface area is 117 Å². The zero-order valence-electron chi connectivity index (χ0n) is 10.0. The first-order valence-electron chi connectivity index (χ1n) is 6.16. The van der Waals surface area contributed by atoms with Gasteiger partial charge in [0.2, 0.25) is 0 Å². The number of alkyl halides is 1. The molecule has 0 aliphatic carbocycles. The van der Waals surface area contributed by atoms with Gasteiger partial charge < -0.3 is 4.74 Å². The van der Waals surface area contributed by atoms with Crippen LogP contribution in [-0.4, -0.2) is 17.5 Å². The van der Waals surface area contributed by atoms with E-state index in [2.05, 4.69) is 35.0 Å². The number of benzene rings is 1. The highest BCUT2D eigenvalue weighted by molar-refractivity contribution is 9.09. The van der Waals surface area contributed by atoms with E-state index in [1.54, 1.807) is 0 Å². The Morgan fingerprint density at radius 2 is 2.18 bits per heavy atom. The molecule has 1 saturated heterocycles. The number of rotatable bonds is 4. The Bertz CT molecular complexity index is 369. The highest BCUT2D eigenvalue weighted by Crippen LogP contribution is 2.33. The highest BCUT2D eigenvalue weighted by atomic mass is 79.9. The summed E-state index contributed by atoms with van der Waals surface area (Å²) in [5, 5.41) is 1.80. The average molecular weight is 318 g/mol. The molecule has 0 aromatic heterocycles. The molecule has 1 heterocycles. The first-order valence-corrected chi connectivity index (χ1v) is 7.66. The summed E-state index contributed by atoms with van der Waals surface area (Å²) in [5.41, 5.74) is 1.23. The Hall–Kier alpha value is -0.0500. The van der Waals surface area contributed by atoms with Crippen molar-refractivity contribution in [3.8, 4) is 0 Å². The van der Waals surface area contributed by atoms with Crippen LogP contribution < -0.4 is 0 Å². The van der Waals surface area contributed by atoms with Crippen LogP contribution in [-0.2, 0) is 4.74 Å². The molecule has 1 fully saturated rings. The molecule has 0 saturated carbocycles. The molecule has 0 radical (unpaired) electrons. The van der Waals surface area contributed by atoms with E-state index in [9.17, 15) is 0 Å². The Morgan fingerprint density at radius 3 is 2.76 bits per heavy atom. The topological polar surface area (TPSA) is 9.23 Å². The van der Waals surface area contributed by atoms with Crippen molar-refractivity contribution in [2.75, 3.05) is 5.33 Å². The minimum Gasteiger partial charge on any atom is -0.375 e. The molecule has 94 valence electrons. The molecular formula is C14H18BrClO. The Kier molecular flexibility index (Phi) is 4.89. The average Bonchev–Trinajstić information content (AvgIpc) is 2.73. The van der Waals surface area contributed by atoms with Crippen molar-refractivity contribution in [3.05, 3.63) is 34.9 Å². The molecule has 3 unspecified atom stereocenters. The molecule has 0 bridgehead atoms. The molecular weight excluding hydrogens is 300 g/mol. The van der Waals surface area contributed by atoms with Crippen LogP contribution in [0.4, 0.5) is 0 Å². The maximum absolute atomic E-state index is 6.25. The van der Waals surface area contributed by atoms with Gasteiger partial charge in [-0.1, -0.05) is 45.7 Å². The van der Waals surface area contributed by atoms with Gasteiger partial charge in [0.05, 0.1) is 12.2 Å². The molecule has 2 rings (SSSR count). The SMILES string of the molecule is CC1CCC(CC(CBr)c2ccccc2Cl)O1. The molecule has 3 atom stereocenters. The molecule has 3 heteroatoms. The molecule has 17 heavy (non-hydrogen) atoms. The van der Waals surface area contributed by atoms with E-state index in [4.69, 9.17) is 16.3 Å². The van der Waals surface area contributed by atoms with Gasteiger partial charge in [-0.2, -0.15) is 0 Å². The van der Waals surface area contributed by atoms with Crippen molar-refractivity contribution in [1.29, 1.82) is 0 Å². The lowest BCUT2D eigenvalue weighted by atomic mass is 9.94. The van der Waals surface area contributed by atoms with Crippen LogP contribution in [0.2, 0.25) is 5.02 Å². The summed E-state index contributed by atoms with van der Waals surface area (Å²) < 4.78 is 5.89. The Balaban J connectivity index is 2.04. The summed E-state index contributed by atoms with van der Waals surface area (Å²) in [6, 6.07) is 8.11. The minimum absolute atomic E-state index is 0.392. The second kappa shape index (κ2) is 6.21. The molecule has 0 amide bonds. The van der Waals surface area contributed by atoms with Crippen molar-refractivity contribution < 1.29 is 4.74 Å². The third kappa shape index (κ3) is 3.46. The van der Waals surface area contributed by atoms with Crippen molar-refractivity contribution in [2.45, 2.75) is 44.3 Å². The first kappa shape index (κ1) is 13.4. The summed E-state index contributed by atoms with van der Waals surface area (Å²) >= 11 is 9.85. The van der Waals surface area contributed by atoms with Crippen molar-refractivity contribution >= 4 is 27.5 Å². The van der Waals surface area contributed by atoms with E-state index in [-0.39, 0.29) is 0 Å². The van der Waals surface area contributed by atoms with Gasteiger partial charge in [0.1, 0.15) is 0 Å². The quantitative estimate of drug-likeness (QED) is 0.726. The van der Waals surface area contributed by atoms with E-state index in [0.717, 1.165) is 16.8 Å². The fraction of sp³-hybridized carbons (Fsp3) is 0.571. The monoisotopic (exact) mass is 316 g/mol. The maximum atomic E-state index is 6.25. The standard InChI is InChI=1S/C14H18BrClO/c1-10-6-7-12(17-10)8-11(9-15)13-4-2-3-5-14(13)16/h2-5,10-12H,6-9H2,1H3. The summed E-state index contributed by atoms with van der Waals surface area (Å²) in [5.74, 6) is 0.444. The van der Waals surface area contributed by atoms with Gasteiger partial charge in [-0.05, 0) is 43.7 Å². The number of halogens is 2. The van der Waals surface area contributed by atoms with Gasteiger partial charge in [0.25, 0.3) is 0 Å². The van der Waals surface area contributed by atoms with E-state index in [1.165, 1.54) is 18.4 Å². The molecule has 1 aromatic rings. The van der Waals surface area contributed by atoms with Gasteiger partial charge in [0, 0.05) is 10.4 Å². The fourth-order valence-electron chi connectivity index (χ4n) is 2.46. The lowest BCUT2D eigenvalue weighted by molar-refractivity contribution is 0.0479. The normalized spacial score (nSPS) is 26.1. The predicted octanol–water partition coefficient (Wildman–Crippen LogP) is 4.78. The third-order valence-electron chi connectivity index (χ3n) is 3.40.